The van der Waals surface area contributed by atoms with Crippen LogP contribution in [-0.2, 0) is 13.1 Å². The molecule has 1 amide bonds. The second-order valence-corrected chi connectivity index (χ2v) is 8.86. The summed E-state index contributed by atoms with van der Waals surface area (Å²) in [6.45, 7) is 3.26. The lowest BCUT2D eigenvalue weighted by molar-refractivity contribution is 0.0612. The molecule has 2 aromatic carbocycles. The van der Waals surface area contributed by atoms with Crippen LogP contribution in [0.15, 0.2) is 82.2 Å². The van der Waals surface area contributed by atoms with E-state index >= 15 is 0 Å². The summed E-state index contributed by atoms with van der Waals surface area (Å²) in [4.78, 5) is 34.4. The third-order valence-corrected chi connectivity index (χ3v) is 6.29. The summed E-state index contributed by atoms with van der Waals surface area (Å²) in [5, 5.41) is 4.70. The van der Waals surface area contributed by atoms with E-state index in [0.717, 1.165) is 11.1 Å². The van der Waals surface area contributed by atoms with Crippen molar-refractivity contribution in [1.29, 1.82) is 0 Å². The molecule has 1 aliphatic heterocycles. The fourth-order valence-corrected chi connectivity index (χ4v) is 4.24. The lowest BCUT2D eigenvalue weighted by Gasteiger charge is -2.33. The molecule has 0 N–H and O–H groups in total. The minimum Gasteiger partial charge on any atom is -0.338 e. The Labute approximate surface area is 207 Å². The second kappa shape index (κ2) is 10.2. The average molecular weight is 490 g/mol. The van der Waals surface area contributed by atoms with Crippen LogP contribution in [0.4, 0.5) is 0 Å². The molecular formula is C26H24ClN5O3. The van der Waals surface area contributed by atoms with E-state index in [2.05, 4.69) is 15.0 Å². The summed E-state index contributed by atoms with van der Waals surface area (Å²) in [6, 6.07) is 20.3. The molecule has 0 spiro atoms. The minimum absolute atomic E-state index is 0.196. The number of hydrogen-bond acceptors (Lipinski definition) is 6. The van der Waals surface area contributed by atoms with Gasteiger partial charge in [0.05, 0.1) is 13.1 Å². The molecule has 9 heteroatoms. The van der Waals surface area contributed by atoms with Crippen molar-refractivity contribution in [1.82, 2.24) is 24.5 Å². The number of benzene rings is 2. The highest BCUT2D eigenvalue weighted by Gasteiger charge is 2.25. The predicted molar refractivity (Wildman–Crippen MR) is 132 cm³/mol. The van der Waals surface area contributed by atoms with Gasteiger partial charge in [0, 0.05) is 43.0 Å². The summed E-state index contributed by atoms with van der Waals surface area (Å²) < 4.78 is 6.99. The van der Waals surface area contributed by atoms with Gasteiger partial charge in [-0.1, -0.05) is 47.1 Å². The number of amides is 1. The Morgan fingerprint density at radius 3 is 2.40 bits per heavy atom. The molecule has 2 aromatic heterocycles. The topological polar surface area (TPSA) is 84.5 Å². The molecular weight excluding hydrogens is 466 g/mol. The van der Waals surface area contributed by atoms with Crippen molar-refractivity contribution < 1.29 is 9.32 Å². The van der Waals surface area contributed by atoms with Gasteiger partial charge in [0.25, 0.3) is 11.5 Å². The highest BCUT2D eigenvalue weighted by molar-refractivity contribution is 6.30. The van der Waals surface area contributed by atoms with Crippen molar-refractivity contribution in [3.05, 3.63) is 105 Å². The maximum absolute atomic E-state index is 13.1. The van der Waals surface area contributed by atoms with Crippen molar-refractivity contribution in [3.63, 3.8) is 0 Å². The van der Waals surface area contributed by atoms with E-state index in [1.54, 1.807) is 39.9 Å². The van der Waals surface area contributed by atoms with Gasteiger partial charge in [-0.05, 0) is 42.0 Å². The molecule has 8 nitrogen and oxygen atoms in total. The van der Waals surface area contributed by atoms with Crippen LogP contribution in [0.3, 0.4) is 0 Å². The number of carbonyl (C=O) groups excluding carboxylic acids is 1. The number of halogens is 1. The van der Waals surface area contributed by atoms with Gasteiger partial charge in [0.15, 0.2) is 0 Å². The lowest BCUT2D eigenvalue weighted by atomic mass is 10.2. The van der Waals surface area contributed by atoms with Gasteiger partial charge in [-0.3, -0.25) is 14.5 Å². The summed E-state index contributed by atoms with van der Waals surface area (Å²) in [5.41, 5.74) is 1.76. The first kappa shape index (κ1) is 23.0. The standard InChI is InChI=1S/C26H24ClN5O3/c27-21-10-8-20(9-11-21)24-28-23(35-29-24)18-30-13-15-31(16-14-30)25(33)22-7-4-12-32(26(22)34)17-19-5-2-1-3-6-19/h1-12H,13-18H2. The molecule has 0 saturated carbocycles. The normalized spacial score (nSPS) is 14.3. The molecule has 0 atom stereocenters. The monoisotopic (exact) mass is 489 g/mol. The van der Waals surface area contributed by atoms with Gasteiger partial charge >= 0.3 is 0 Å². The van der Waals surface area contributed by atoms with Crippen molar-refractivity contribution in [2.75, 3.05) is 26.2 Å². The third kappa shape index (κ3) is 5.34. The lowest BCUT2D eigenvalue weighted by Crippen LogP contribution is -2.49. The molecule has 0 bridgehead atoms. The van der Waals surface area contributed by atoms with E-state index in [1.807, 2.05) is 42.5 Å². The van der Waals surface area contributed by atoms with Crippen LogP contribution in [0.2, 0.25) is 5.02 Å². The SMILES string of the molecule is O=C(c1cccn(Cc2ccccc2)c1=O)N1CCN(Cc2nc(-c3ccc(Cl)cc3)no2)CC1. The quantitative estimate of drug-likeness (QED) is 0.412. The number of rotatable bonds is 6. The second-order valence-electron chi connectivity index (χ2n) is 8.43. The molecule has 1 fully saturated rings. The zero-order valence-electron chi connectivity index (χ0n) is 19.0. The molecule has 0 unspecified atom stereocenters. The summed E-state index contributed by atoms with van der Waals surface area (Å²) in [6.07, 6.45) is 1.72. The third-order valence-electron chi connectivity index (χ3n) is 6.04. The van der Waals surface area contributed by atoms with E-state index in [1.165, 1.54) is 0 Å². The number of nitrogens with zero attached hydrogens (tertiary/aromatic N) is 5. The molecule has 0 aliphatic carbocycles. The Morgan fingerprint density at radius 2 is 1.66 bits per heavy atom. The van der Waals surface area contributed by atoms with Gasteiger partial charge in [-0.15, -0.1) is 0 Å². The molecule has 3 heterocycles. The smallest absolute Gasteiger partial charge is 0.263 e. The summed E-state index contributed by atoms with van der Waals surface area (Å²) >= 11 is 5.94. The molecule has 178 valence electrons. The molecule has 0 radical (unpaired) electrons. The largest absolute Gasteiger partial charge is 0.338 e. The highest BCUT2D eigenvalue weighted by Crippen LogP contribution is 2.19. The molecule has 1 aliphatic rings. The molecule has 4 aromatic rings. The first-order chi connectivity index (χ1) is 17.1. The zero-order chi connectivity index (χ0) is 24.2. The average Bonchev–Trinajstić information content (AvgIpc) is 3.35. The number of carbonyl (C=O) groups is 1. The van der Waals surface area contributed by atoms with Crippen LogP contribution in [0.5, 0.6) is 0 Å². The molecule has 5 rings (SSSR count). The van der Waals surface area contributed by atoms with E-state index in [9.17, 15) is 9.59 Å². The number of aromatic nitrogens is 3. The van der Waals surface area contributed by atoms with E-state index < -0.39 is 0 Å². The van der Waals surface area contributed by atoms with E-state index in [4.69, 9.17) is 16.1 Å². The van der Waals surface area contributed by atoms with Crippen LogP contribution in [0.25, 0.3) is 11.4 Å². The minimum atomic E-state index is -0.274. The van der Waals surface area contributed by atoms with Gasteiger partial charge in [-0.25, -0.2) is 0 Å². The summed E-state index contributed by atoms with van der Waals surface area (Å²) in [7, 11) is 0. The fourth-order valence-electron chi connectivity index (χ4n) is 4.11. The maximum atomic E-state index is 13.1. The van der Waals surface area contributed by atoms with Crippen LogP contribution in [0.1, 0.15) is 21.8 Å². The van der Waals surface area contributed by atoms with Crippen LogP contribution >= 0.6 is 11.6 Å². The van der Waals surface area contributed by atoms with Gasteiger partial charge in [-0.2, -0.15) is 4.98 Å². The van der Waals surface area contributed by atoms with Crippen molar-refractivity contribution in [3.8, 4) is 11.4 Å². The first-order valence-electron chi connectivity index (χ1n) is 11.4. The van der Waals surface area contributed by atoms with Crippen LogP contribution in [0, 0.1) is 0 Å². The predicted octanol–water partition coefficient (Wildman–Crippen LogP) is 3.56. The van der Waals surface area contributed by atoms with Gasteiger partial charge < -0.3 is 14.0 Å². The Morgan fingerprint density at radius 1 is 0.914 bits per heavy atom. The molecule has 35 heavy (non-hydrogen) atoms. The number of pyridine rings is 1. The van der Waals surface area contributed by atoms with Crippen LogP contribution < -0.4 is 5.56 Å². The van der Waals surface area contributed by atoms with Gasteiger partial charge in [0.1, 0.15) is 5.56 Å². The van der Waals surface area contributed by atoms with Crippen LogP contribution in [-0.4, -0.2) is 56.6 Å². The highest BCUT2D eigenvalue weighted by atomic mass is 35.5. The van der Waals surface area contributed by atoms with Crippen molar-refractivity contribution in [2.45, 2.75) is 13.1 Å². The van der Waals surface area contributed by atoms with Crippen molar-refractivity contribution >= 4 is 17.5 Å². The van der Waals surface area contributed by atoms with Gasteiger partial charge in [0.2, 0.25) is 11.7 Å². The first-order valence-corrected chi connectivity index (χ1v) is 11.8. The number of hydrogen-bond donors (Lipinski definition) is 0. The summed E-state index contributed by atoms with van der Waals surface area (Å²) in [5.74, 6) is 0.794. The van der Waals surface area contributed by atoms with Crippen molar-refractivity contribution in [2.24, 2.45) is 0 Å². The zero-order valence-corrected chi connectivity index (χ0v) is 19.8. The number of piperazine rings is 1. The Balaban J connectivity index is 1.19. The Bertz CT molecular complexity index is 1360. The Hall–Kier alpha value is -3.75. The fraction of sp³-hybridized carbons (Fsp3) is 0.231. The maximum Gasteiger partial charge on any atom is 0.263 e. The molecule has 1 saturated heterocycles. The van der Waals surface area contributed by atoms with E-state index in [-0.39, 0.29) is 17.0 Å². The Kier molecular flexibility index (Phi) is 6.74. The van der Waals surface area contributed by atoms with E-state index in [0.29, 0.717) is 56.0 Å².